The summed E-state index contributed by atoms with van der Waals surface area (Å²) in [5.41, 5.74) is 32.6. The van der Waals surface area contributed by atoms with Crippen LogP contribution in [0, 0.1) is 28.6 Å². The van der Waals surface area contributed by atoms with Crippen LogP contribution in [0.15, 0.2) is 241 Å². The van der Waals surface area contributed by atoms with Crippen LogP contribution in [0.25, 0.3) is 71.6 Å². The fourth-order valence-corrected chi connectivity index (χ4v) is 19.7. The Kier molecular flexibility index (Phi) is 17.0. The molecule has 542 valence electrons. The summed E-state index contributed by atoms with van der Waals surface area (Å²) >= 11 is 0. The highest BCUT2D eigenvalue weighted by Gasteiger charge is 2.48. The van der Waals surface area contributed by atoms with Crippen LogP contribution in [0.3, 0.4) is 0 Å². The molecule has 5 heteroatoms. The molecule has 0 saturated heterocycles. The van der Waals surface area contributed by atoms with E-state index in [1.54, 1.807) is 16.7 Å². The van der Waals surface area contributed by atoms with E-state index < -0.39 is 0 Å². The van der Waals surface area contributed by atoms with Crippen molar-refractivity contribution in [3.8, 4) is 27.9 Å². The standard InChI is InChI=1S/C102H111BN4/c1-97(2,3)68-44-40-66(41-45-68)77-36-29-37-78(67-42-46-69(47-43-67)98(4,5)6)96(77)107-87-56-57-88-95(93(87)79-52-48-72(60-89(79)107)101(13,14)15)103-82-53-51-74(104-85-54-49-70(99(7,8)9)58-80(85)81-59-71(100(10,11)12)50-55-86(81)104)63-90(82)106(84-39-28-26-35-76(84)65-32-23-20-24-33-65)92-62-73(102(16,17)18)61-91(94(92)103)105(88)83-38-27-25-34-75(83)64-30-21-19-22-31-64/h19-28,30-36,38-39,44,46,48-63,66-67,78,96H,29,37,40-43,45,47H2,1-18H3. The Morgan fingerprint density at radius 2 is 0.860 bits per heavy atom. The third kappa shape index (κ3) is 12.1. The first kappa shape index (κ1) is 70.7. The second kappa shape index (κ2) is 25.7. The zero-order valence-corrected chi connectivity index (χ0v) is 67.2. The Bertz CT molecular complexity index is 5550. The second-order valence-corrected chi connectivity index (χ2v) is 38.7. The van der Waals surface area contributed by atoms with Crippen molar-refractivity contribution in [2.45, 2.75) is 204 Å². The maximum atomic E-state index is 3.01. The lowest BCUT2D eigenvalue weighted by Crippen LogP contribution is -2.61. The summed E-state index contributed by atoms with van der Waals surface area (Å²) in [5, 5.41) is 5.31. The highest BCUT2D eigenvalue weighted by molar-refractivity contribution is 7.02. The Labute approximate surface area is 639 Å². The first-order valence-electron chi connectivity index (χ1n) is 40.4. The van der Waals surface area contributed by atoms with Crippen molar-refractivity contribution >= 4 is 101 Å². The van der Waals surface area contributed by atoms with Crippen molar-refractivity contribution in [2.24, 2.45) is 28.6 Å². The molecule has 107 heavy (non-hydrogen) atoms. The van der Waals surface area contributed by atoms with E-state index in [9.17, 15) is 0 Å². The minimum Gasteiger partial charge on any atom is -0.333 e. The molecule has 3 aliphatic carbocycles. The normalized spacial score (nSPS) is 18.7. The number of allylic oxidation sites excluding steroid dienone is 6. The Balaban J connectivity index is 1.02. The van der Waals surface area contributed by atoms with Crippen LogP contribution in [0.2, 0.25) is 0 Å². The molecule has 0 spiro atoms. The fraction of sp³-hybridized carbons (Fsp3) is 0.353. The van der Waals surface area contributed by atoms with Crippen LogP contribution in [0.1, 0.15) is 204 Å². The summed E-state index contributed by atoms with van der Waals surface area (Å²) in [4.78, 5) is 5.46. The van der Waals surface area contributed by atoms with E-state index in [4.69, 9.17) is 0 Å². The molecule has 4 unspecified atom stereocenters. The van der Waals surface area contributed by atoms with Gasteiger partial charge in [-0.25, -0.2) is 0 Å². The summed E-state index contributed by atoms with van der Waals surface area (Å²) in [6, 6.07) is 81.6. The van der Waals surface area contributed by atoms with Gasteiger partial charge in [0.15, 0.2) is 0 Å². The van der Waals surface area contributed by atoms with Gasteiger partial charge in [0.1, 0.15) is 0 Å². The average Bonchev–Trinajstić information content (AvgIpc) is 1.67. The molecule has 2 aliphatic heterocycles. The Hall–Kier alpha value is -9.32. The zero-order chi connectivity index (χ0) is 74.8. The van der Waals surface area contributed by atoms with Crippen molar-refractivity contribution in [2.75, 3.05) is 9.80 Å². The quantitative estimate of drug-likeness (QED) is 0.111. The van der Waals surface area contributed by atoms with Gasteiger partial charge in [0.05, 0.1) is 28.5 Å². The van der Waals surface area contributed by atoms with E-state index in [-0.39, 0.29) is 45.2 Å². The molecule has 17 rings (SSSR count). The lowest BCUT2D eigenvalue weighted by molar-refractivity contribution is 0.200. The van der Waals surface area contributed by atoms with Crippen molar-refractivity contribution < 1.29 is 0 Å². The average molecular weight is 1400 g/mol. The number of aromatic nitrogens is 2. The van der Waals surface area contributed by atoms with E-state index in [0.717, 1.165) is 37.1 Å². The maximum absolute atomic E-state index is 3.01. The summed E-state index contributed by atoms with van der Waals surface area (Å²) in [7, 11) is 0. The largest absolute Gasteiger partial charge is 0.333 e. The third-order valence-corrected chi connectivity index (χ3v) is 25.7. The van der Waals surface area contributed by atoms with Crippen molar-refractivity contribution in [3.63, 3.8) is 0 Å². The molecule has 5 aliphatic rings. The number of para-hydroxylation sites is 2. The van der Waals surface area contributed by atoms with Crippen LogP contribution in [-0.4, -0.2) is 15.8 Å². The van der Waals surface area contributed by atoms with E-state index in [1.165, 1.54) is 159 Å². The minimum atomic E-state index is -0.242. The predicted molar refractivity (Wildman–Crippen MR) is 463 cm³/mol. The van der Waals surface area contributed by atoms with Gasteiger partial charge in [0.2, 0.25) is 0 Å². The van der Waals surface area contributed by atoms with Crippen LogP contribution in [-0.2, 0) is 21.7 Å². The van der Waals surface area contributed by atoms with Crippen LogP contribution in [0.4, 0.5) is 34.1 Å². The zero-order valence-electron chi connectivity index (χ0n) is 67.2. The summed E-state index contributed by atoms with van der Waals surface area (Å²) in [6.45, 7) is 43.0. The van der Waals surface area contributed by atoms with Crippen molar-refractivity contribution in [3.05, 3.63) is 263 Å². The molecule has 12 aromatic rings. The molecule has 0 fully saturated rings. The molecule has 0 N–H and O–H groups in total. The van der Waals surface area contributed by atoms with E-state index in [0.29, 0.717) is 17.8 Å². The molecule has 0 saturated carbocycles. The predicted octanol–water partition coefficient (Wildman–Crippen LogP) is 26.9. The number of benzene rings is 10. The first-order valence-corrected chi connectivity index (χ1v) is 40.4. The van der Waals surface area contributed by atoms with Crippen LogP contribution >= 0.6 is 0 Å². The van der Waals surface area contributed by atoms with Crippen LogP contribution in [0.5, 0.6) is 0 Å². The highest BCUT2D eigenvalue weighted by Crippen LogP contribution is 2.56. The molecule has 4 heterocycles. The van der Waals surface area contributed by atoms with Gasteiger partial charge in [-0.05, 0) is 236 Å². The lowest BCUT2D eigenvalue weighted by atomic mass is 9.33. The Morgan fingerprint density at radius 3 is 1.38 bits per heavy atom. The first-order chi connectivity index (χ1) is 50.9. The molecule has 0 amide bonds. The lowest BCUT2D eigenvalue weighted by Gasteiger charge is -2.46. The van der Waals surface area contributed by atoms with Gasteiger partial charge in [-0.15, -0.1) is 0 Å². The molecular weight excluding hydrogens is 1290 g/mol. The van der Waals surface area contributed by atoms with Gasteiger partial charge in [-0.2, -0.15) is 0 Å². The molecule has 0 radical (unpaired) electrons. The maximum Gasteiger partial charge on any atom is 0.253 e. The summed E-state index contributed by atoms with van der Waals surface area (Å²) < 4.78 is 5.61. The molecule has 0 bridgehead atoms. The molecule has 10 aromatic carbocycles. The fourth-order valence-electron chi connectivity index (χ4n) is 19.7. The van der Waals surface area contributed by atoms with Gasteiger partial charge < -0.3 is 18.9 Å². The monoisotopic (exact) mass is 1400 g/mol. The van der Waals surface area contributed by atoms with Gasteiger partial charge in [0.25, 0.3) is 6.71 Å². The van der Waals surface area contributed by atoms with Crippen molar-refractivity contribution in [1.29, 1.82) is 0 Å². The van der Waals surface area contributed by atoms with E-state index in [1.807, 2.05) is 0 Å². The number of anilines is 6. The number of fused-ring (bicyclic) bond motifs is 11. The van der Waals surface area contributed by atoms with Crippen molar-refractivity contribution in [1.82, 2.24) is 9.13 Å². The van der Waals surface area contributed by atoms with Crippen LogP contribution < -0.4 is 26.2 Å². The highest BCUT2D eigenvalue weighted by atomic mass is 15.2. The molecule has 4 nitrogen and oxygen atoms in total. The number of rotatable bonds is 8. The molecule has 2 aromatic heterocycles. The van der Waals surface area contributed by atoms with Gasteiger partial charge in [-0.3, -0.25) is 0 Å². The minimum absolute atomic E-state index is 0.0347. The topological polar surface area (TPSA) is 16.3 Å². The van der Waals surface area contributed by atoms with E-state index in [2.05, 4.69) is 368 Å². The second-order valence-electron chi connectivity index (χ2n) is 38.7. The number of hydrogen-bond donors (Lipinski definition) is 0. The molecule has 4 atom stereocenters. The van der Waals surface area contributed by atoms with E-state index >= 15 is 0 Å². The molecular formula is C102H111BN4. The van der Waals surface area contributed by atoms with Gasteiger partial charge in [0, 0.05) is 72.1 Å². The Morgan fingerprint density at radius 1 is 0.355 bits per heavy atom. The third-order valence-electron chi connectivity index (χ3n) is 25.7. The van der Waals surface area contributed by atoms with Gasteiger partial charge in [-0.1, -0.05) is 281 Å². The summed E-state index contributed by atoms with van der Waals surface area (Å²) in [6.07, 6.45) is 17.5. The van der Waals surface area contributed by atoms with Gasteiger partial charge >= 0.3 is 0 Å². The summed E-state index contributed by atoms with van der Waals surface area (Å²) in [5.74, 6) is 1.48. The number of nitrogens with zero attached hydrogens (tertiary/aromatic N) is 4. The smallest absolute Gasteiger partial charge is 0.253 e. The number of hydrogen-bond acceptors (Lipinski definition) is 2. The SMILES string of the molecule is CC(C)(C)C1=CCC(C2=CCCC(C3CC=C(C(C)(C)C)CC3)C2n2c3cc(C(C)(C)C)ccc3c3c4c(ccc32)N(c2ccccc2-c2ccccc2)c2cc(C(C)(C)C)cc3c2B4c2ccc(-n4c5ccc(C(C)(C)C)cc5c5cc(C(C)(C)C)ccc54)cc2N3c2ccccc2-c2ccccc2)CC1.